The molecule has 4 nitrogen and oxygen atoms in total. The maximum atomic E-state index is 5.23. The predicted molar refractivity (Wildman–Crippen MR) is 267 cm³/mol. The first-order valence-electron chi connectivity index (χ1n) is 21.8. The third-order valence-corrected chi connectivity index (χ3v) is 12.9. The number of amidine groups is 1. The van der Waals surface area contributed by atoms with E-state index in [0.29, 0.717) is 5.84 Å². The number of benzene rings is 8. The lowest BCUT2D eigenvalue weighted by Crippen LogP contribution is -2.30. The lowest BCUT2D eigenvalue weighted by atomic mass is 9.73. The fourth-order valence-electron chi connectivity index (χ4n) is 9.64. The Balaban J connectivity index is 1.06. The van der Waals surface area contributed by atoms with Crippen LogP contribution in [-0.4, -0.2) is 16.7 Å². The van der Waals surface area contributed by atoms with Gasteiger partial charge in [0, 0.05) is 27.4 Å². The van der Waals surface area contributed by atoms with Gasteiger partial charge in [-0.2, -0.15) is 0 Å². The van der Waals surface area contributed by atoms with Crippen LogP contribution in [0.4, 0.5) is 17.1 Å². The van der Waals surface area contributed by atoms with Gasteiger partial charge in [0.2, 0.25) is 0 Å². The van der Waals surface area contributed by atoms with Gasteiger partial charge in [0.05, 0.1) is 28.1 Å². The number of para-hydroxylation sites is 2. The van der Waals surface area contributed by atoms with Crippen molar-refractivity contribution in [1.82, 2.24) is 4.57 Å². The van der Waals surface area contributed by atoms with Gasteiger partial charge < -0.3 is 4.90 Å². The third kappa shape index (κ3) is 6.72. The van der Waals surface area contributed by atoms with E-state index in [0.717, 1.165) is 57.5 Å². The summed E-state index contributed by atoms with van der Waals surface area (Å²) >= 11 is 0. The molecule has 2 heterocycles. The molecule has 0 saturated carbocycles. The highest BCUT2D eigenvalue weighted by Gasteiger charge is 2.37. The number of aliphatic imine (C=N–C) groups is 2. The third-order valence-electron chi connectivity index (χ3n) is 12.9. The van der Waals surface area contributed by atoms with Gasteiger partial charge in [0.25, 0.3) is 0 Å². The second-order valence-corrected chi connectivity index (χ2v) is 17.1. The number of hydrogen-bond acceptors (Lipinski definition) is 2. The van der Waals surface area contributed by atoms with E-state index in [1.165, 1.54) is 55.2 Å². The molecule has 2 aliphatic rings. The first-order valence-corrected chi connectivity index (χ1v) is 21.8. The fourth-order valence-corrected chi connectivity index (χ4v) is 9.64. The van der Waals surface area contributed by atoms with Crippen LogP contribution in [0.25, 0.3) is 54.8 Å². The summed E-state index contributed by atoms with van der Waals surface area (Å²) in [6, 6.07) is 65.6. The van der Waals surface area contributed by atoms with E-state index >= 15 is 0 Å². The highest BCUT2D eigenvalue weighted by molar-refractivity contribution is 6.23. The van der Waals surface area contributed by atoms with E-state index in [2.05, 4.69) is 224 Å². The van der Waals surface area contributed by atoms with E-state index in [9.17, 15) is 0 Å². The van der Waals surface area contributed by atoms with Gasteiger partial charge in [0.15, 0.2) is 5.84 Å². The average Bonchev–Trinajstić information content (AvgIpc) is 3.66. The minimum Gasteiger partial charge on any atom is -0.310 e. The monoisotopic (exact) mass is 810 g/mol. The van der Waals surface area contributed by atoms with Crippen molar-refractivity contribution in [2.45, 2.75) is 32.1 Å². The smallest absolute Gasteiger partial charge is 0.161 e. The summed E-state index contributed by atoms with van der Waals surface area (Å²) in [6.45, 7) is 9.11. The summed E-state index contributed by atoms with van der Waals surface area (Å²) in [5, 5.41) is 4.78. The number of aromatic nitrogens is 1. The molecule has 8 aromatic carbocycles. The Kier molecular flexibility index (Phi) is 9.43. The Morgan fingerprint density at radius 1 is 0.603 bits per heavy atom. The molecule has 0 amide bonds. The molecule has 9 aromatic rings. The van der Waals surface area contributed by atoms with Crippen LogP contribution in [0, 0.1) is 0 Å². The van der Waals surface area contributed by atoms with Gasteiger partial charge >= 0.3 is 0 Å². The van der Waals surface area contributed by atoms with Crippen molar-refractivity contribution in [3.8, 4) is 22.3 Å². The Hall–Kier alpha value is -7.82. The van der Waals surface area contributed by atoms with Crippen LogP contribution in [0.5, 0.6) is 0 Å². The number of nitrogens with zero attached hydrogens (tertiary/aromatic N) is 4. The van der Waals surface area contributed by atoms with Crippen LogP contribution in [0.1, 0.15) is 43.4 Å². The molecule has 0 unspecified atom stereocenters. The minimum atomic E-state index is -0.172. The van der Waals surface area contributed by atoms with Crippen molar-refractivity contribution in [1.29, 1.82) is 0 Å². The van der Waals surface area contributed by atoms with Crippen molar-refractivity contribution in [2.75, 3.05) is 4.90 Å². The number of anilines is 3. The van der Waals surface area contributed by atoms with E-state index in [4.69, 9.17) is 9.98 Å². The highest BCUT2D eigenvalue weighted by Crippen LogP contribution is 2.52. The summed E-state index contributed by atoms with van der Waals surface area (Å²) in [4.78, 5) is 12.8. The quantitative estimate of drug-likeness (QED) is 0.117. The molecule has 0 N–H and O–H groups in total. The zero-order valence-corrected chi connectivity index (χ0v) is 35.5. The largest absolute Gasteiger partial charge is 0.310 e. The van der Waals surface area contributed by atoms with Crippen molar-refractivity contribution in [3.05, 3.63) is 235 Å². The van der Waals surface area contributed by atoms with E-state index in [-0.39, 0.29) is 5.41 Å². The topological polar surface area (TPSA) is 32.9 Å². The van der Waals surface area contributed by atoms with E-state index in [1.54, 1.807) is 0 Å². The molecule has 0 radical (unpaired) electrons. The van der Waals surface area contributed by atoms with Gasteiger partial charge in [-0.05, 0) is 105 Å². The number of hydrogen-bond donors (Lipinski definition) is 0. The predicted octanol–water partition coefficient (Wildman–Crippen LogP) is 15.5. The van der Waals surface area contributed by atoms with Crippen LogP contribution in [0.15, 0.2) is 228 Å². The van der Waals surface area contributed by atoms with Crippen molar-refractivity contribution in [3.63, 3.8) is 0 Å². The molecule has 302 valence electrons. The Bertz CT molecular complexity index is 3360. The zero-order chi connectivity index (χ0) is 42.5. The molecular formula is C59H46N4. The first kappa shape index (κ1) is 38.1. The van der Waals surface area contributed by atoms with Crippen LogP contribution in [-0.2, 0) is 5.41 Å². The SMILES string of the molecule is C=C(N=C(N=Cn1c2ccc(-c3ccc4c(c3)N(c3ccccc3)c3ccccc3C4(C)C)cc2c2c3ccccc3ccc21)c1ccc(-c2ccccc2)cc1)C1=CC=CCC1. The van der Waals surface area contributed by atoms with Crippen molar-refractivity contribution < 1.29 is 0 Å². The number of rotatable bonds is 7. The van der Waals surface area contributed by atoms with E-state index in [1.807, 2.05) is 12.4 Å². The summed E-state index contributed by atoms with van der Waals surface area (Å²) in [5.74, 6) is 0.615. The summed E-state index contributed by atoms with van der Waals surface area (Å²) < 4.78 is 2.23. The van der Waals surface area contributed by atoms with Gasteiger partial charge in [-0.1, -0.05) is 178 Å². The van der Waals surface area contributed by atoms with Gasteiger partial charge in [0.1, 0.15) is 6.34 Å². The van der Waals surface area contributed by atoms with Crippen molar-refractivity contribution >= 4 is 61.8 Å². The summed E-state index contributed by atoms with van der Waals surface area (Å²) in [6.07, 6.45) is 10.2. The normalized spacial score (nSPS) is 14.6. The maximum absolute atomic E-state index is 5.23. The molecule has 4 heteroatoms. The Labute approximate surface area is 368 Å². The molecule has 1 aliphatic heterocycles. The molecule has 63 heavy (non-hydrogen) atoms. The molecule has 1 aromatic heterocycles. The molecule has 0 spiro atoms. The Morgan fingerprint density at radius 2 is 1.27 bits per heavy atom. The summed E-state index contributed by atoms with van der Waals surface area (Å²) in [5.41, 5.74) is 15.6. The molecule has 0 fully saturated rings. The Morgan fingerprint density at radius 3 is 2.08 bits per heavy atom. The molecule has 0 atom stereocenters. The zero-order valence-electron chi connectivity index (χ0n) is 35.5. The lowest BCUT2D eigenvalue weighted by Gasteiger charge is -2.42. The summed E-state index contributed by atoms with van der Waals surface area (Å²) in [7, 11) is 0. The second-order valence-electron chi connectivity index (χ2n) is 17.1. The molecule has 1 aliphatic carbocycles. The highest BCUT2D eigenvalue weighted by atomic mass is 15.2. The number of allylic oxidation sites excluding steroid dienone is 4. The lowest BCUT2D eigenvalue weighted by molar-refractivity contribution is 0.632. The van der Waals surface area contributed by atoms with Gasteiger partial charge in [-0.3, -0.25) is 4.57 Å². The molecular weight excluding hydrogens is 765 g/mol. The van der Waals surface area contributed by atoms with Crippen LogP contribution >= 0.6 is 0 Å². The fraction of sp³-hybridized carbons (Fsp3) is 0.0847. The van der Waals surface area contributed by atoms with Crippen LogP contribution in [0.2, 0.25) is 0 Å². The first-order chi connectivity index (χ1) is 30.9. The van der Waals surface area contributed by atoms with Crippen molar-refractivity contribution in [2.24, 2.45) is 9.98 Å². The van der Waals surface area contributed by atoms with Crippen LogP contribution < -0.4 is 4.90 Å². The van der Waals surface area contributed by atoms with Gasteiger partial charge in [-0.25, -0.2) is 9.98 Å². The van der Waals surface area contributed by atoms with E-state index < -0.39 is 0 Å². The second kappa shape index (κ2) is 15.6. The standard InChI is InChI=1S/C59H46N4/c1-40(41-17-7-4-8-18-41)61-58(45-29-27-43(28-30-45)42-19-9-5-10-20-42)60-39-62-53-35-33-46(37-50(53)57-49-24-14-13-21-44(49)32-36-55(57)62)47-31-34-52-56(38-47)63(48-22-11-6-12-23-48)54-26-16-15-25-51(54)59(52,2)3/h4-7,9-17,19-39H,1,8,18H2,2-3H3. The average molecular weight is 811 g/mol. The molecule has 0 bridgehead atoms. The number of fused-ring (bicyclic) bond motifs is 7. The van der Waals surface area contributed by atoms with Crippen LogP contribution in [0.3, 0.4) is 0 Å². The minimum absolute atomic E-state index is 0.172. The van der Waals surface area contributed by atoms with Gasteiger partial charge in [-0.15, -0.1) is 0 Å². The molecule has 0 saturated heterocycles. The molecule has 11 rings (SSSR count). The maximum Gasteiger partial charge on any atom is 0.161 e.